The number of nitrogens with one attached hydrogen (secondary N) is 1. The molecule has 1 aliphatic carbocycles. The fourth-order valence-corrected chi connectivity index (χ4v) is 4.59. The molecule has 1 aliphatic rings. The number of aryl methyl sites for hydroxylation is 2. The Morgan fingerprint density at radius 3 is 2.42 bits per heavy atom. The van der Waals surface area contributed by atoms with E-state index in [4.69, 9.17) is 0 Å². The van der Waals surface area contributed by atoms with Gasteiger partial charge < -0.3 is 0 Å². The minimum atomic E-state index is -3.49. The Morgan fingerprint density at radius 1 is 1.04 bits per heavy atom. The van der Waals surface area contributed by atoms with E-state index in [0.29, 0.717) is 5.56 Å². The molecular formula is C19H22FNO2S. The van der Waals surface area contributed by atoms with Gasteiger partial charge in [0.05, 0.1) is 5.75 Å². The molecule has 0 saturated heterocycles. The molecule has 0 radical (unpaired) electrons. The number of halogens is 1. The zero-order valence-electron chi connectivity index (χ0n) is 13.8. The lowest BCUT2D eigenvalue weighted by Crippen LogP contribution is -2.28. The number of benzene rings is 2. The summed E-state index contributed by atoms with van der Waals surface area (Å²) in [5.74, 6) is -0.519. The van der Waals surface area contributed by atoms with Gasteiger partial charge in [-0.15, -0.1) is 0 Å². The molecule has 3 rings (SSSR count). The van der Waals surface area contributed by atoms with Crippen molar-refractivity contribution in [3.05, 3.63) is 70.5 Å². The third-order valence-electron chi connectivity index (χ3n) is 4.50. The van der Waals surface area contributed by atoms with Crippen LogP contribution in [0, 0.1) is 5.82 Å². The highest BCUT2D eigenvalue weighted by Crippen LogP contribution is 2.25. The fourth-order valence-electron chi connectivity index (χ4n) is 3.20. The summed E-state index contributed by atoms with van der Waals surface area (Å²) >= 11 is 0. The first-order chi connectivity index (χ1) is 11.4. The third kappa shape index (κ3) is 4.22. The summed E-state index contributed by atoms with van der Waals surface area (Å²) in [7, 11) is -3.49. The summed E-state index contributed by atoms with van der Waals surface area (Å²) in [6, 6.07) is 11.5. The smallest absolute Gasteiger partial charge is 0.212 e. The van der Waals surface area contributed by atoms with E-state index in [1.54, 1.807) is 0 Å². The van der Waals surface area contributed by atoms with E-state index in [1.165, 1.54) is 48.2 Å². The summed E-state index contributed by atoms with van der Waals surface area (Å²) < 4.78 is 40.3. The largest absolute Gasteiger partial charge is 0.216 e. The molecule has 2 aromatic rings. The first-order valence-corrected chi connectivity index (χ1v) is 9.94. The van der Waals surface area contributed by atoms with Crippen LogP contribution in [0.3, 0.4) is 0 Å². The molecule has 3 nitrogen and oxygen atoms in total. The van der Waals surface area contributed by atoms with Crippen LogP contribution in [-0.2, 0) is 28.6 Å². The molecule has 128 valence electrons. The van der Waals surface area contributed by atoms with Crippen molar-refractivity contribution in [2.24, 2.45) is 0 Å². The van der Waals surface area contributed by atoms with Crippen LogP contribution in [0.2, 0.25) is 0 Å². The average Bonchev–Trinajstić information content (AvgIpc) is 2.56. The molecule has 0 bridgehead atoms. The molecule has 2 aromatic carbocycles. The second-order valence-corrected chi connectivity index (χ2v) is 8.21. The molecule has 5 heteroatoms. The molecule has 0 heterocycles. The highest BCUT2D eigenvalue weighted by atomic mass is 32.2. The van der Waals surface area contributed by atoms with Gasteiger partial charge in [0.25, 0.3) is 0 Å². The number of sulfonamides is 1. The van der Waals surface area contributed by atoms with Crippen molar-refractivity contribution in [2.75, 3.05) is 0 Å². The van der Waals surface area contributed by atoms with Gasteiger partial charge in [-0.2, -0.15) is 0 Å². The molecule has 0 aliphatic heterocycles. The van der Waals surface area contributed by atoms with Crippen LogP contribution in [0.15, 0.2) is 42.5 Å². The van der Waals surface area contributed by atoms with Crippen molar-refractivity contribution < 1.29 is 12.8 Å². The first-order valence-electron chi connectivity index (χ1n) is 8.29. The van der Waals surface area contributed by atoms with Crippen LogP contribution >= 0.6 is 0 Å². The number of hydrogen-bond donors (Lipinski definition) is 1. The van der Waals surface area contributed by atoms with Crippen LogP contribution in [0.5, 0.6) is 0 Å². The van der Waals surface area contributed by atoms with E-state index in [0.717, 1.165) is 18.4 Å². The maximum absolute atomic E-state index is 12.9. The molecule has 0 amide bonds. The predicted octanol–water partition coefficient (Wildman–Crippen LogP) is 3.89. The van der Waals surface area contributed by atoms with Gasteiger partial charge in [0, 0.05) is 6.04 Å². The van der Waals surface area contributed by atoms with Gasteiger partial charge >= 0.3 is 0 Å². The standard InChI is InChI=1S/C19H22FNO2S/c1-14(17-9-8-16-4-2-3-5-18(16)12-17)21-24(22,23)13-15-6-10-19(20)11-7-15/h6-12,14,21H,2-5,13H2,1H3. The van der Waals surface area contributed by atoms with Crippen molar-refractivity contribution >= 4 is 10.0 Å². The lowest BCUT2D eigenvalue weighted by atomic mass is 9.89. The zero-order chi connectivity index (χ0) is 17.2. The first kappa shape index (κ1) is 17.1. The van der Waals surface area contributed by atoms with E-state index in [2.05, 4.69) is 16.9 Å². The normalized spacial score (nSPS) is 15.8. The molecule has 1 N–H and O–H groups in total. The Morgan fingerprint density at radius 2 is 1.71 bits per heavy atom. The maximum Gasteiger partial charge on any atom is 0.216 e. The molecule has 1 unspecified atom stereocenters. The average molecular weight is 347 g/mol. The Balaban J connectivity index is 1.71. The zero-order valence-corrected chi connectivity index (χ0v) is 14.6. The molecule has 0 aromatic heterocycles. The summed E-state index contributed by atoms with van der Waals surface area (Å²) in [5.41, 5.74) is 4.27. The van der Waals surface area contributed by atoms with Crippen LogP contribution in [-0.4, -0.2) is 8.42 Å². The van der Waals surface area contributed by atoms with E-state index < -0.39 is 10.0 Å². The molecule has 0 spiro atoms. The van der Waals surface area contributed by atoms with E-state index in [9.17, 15) is 12.8 Å². The van der Waals surface area contributed by atoms with Crippen LogP contribution in [0.4, 0.5) is 4.39 Å². The Bertz CT molecular complexity index is 816. The molecule has 1 atom stereocenters. The van der Waals surface area contributed by atoms with Crippen molar-refractivity contribution in [1.82, 2.24) is 4.72 Å². The number of hydrogen-bond acceptors (Lipinski definition) is 2. The highest BCUT2D eigenvalue weighted by molar-refractivity contribution is 7.88. The van der Waals surface area contributed by atoms with Crippen LogP contribution in [0.25, 0.3) is 0 Å². The van der Waals surface area contributed by atoms with Gasteiger partial charge in [0.1, 0.15) is 5.82 Å². The number of rotatable bonds is 5. The monoisotopic (exact) mass is 347 g/mol. The second kappa shape index (κ2) is 7.03. The summed E-state index contributed by atoms with van der Waals surface area (Å²) in [6.45, 7) is 1.85. The van der Waals surface area contributed by atoms with Gasteiger partial charge in [-0.1, -0.05) is 30.3 Å². The Kier molecular flexibility index (Phi) is 5.01. The van der Waals surface area contributed by atoms with Gasteiger partial charge in [0.2, 0.25) is 10.0 Å². The van der Waals surface area contributed by atoms with Crippen molar-refractivity contribution in [1.29, 1.82) is 0 Å². The van der Waals surface area contributed by atoms with Crippen LogP contribution in [0.1, 0.15) is 48.1 Å². The lowest BCUT2D eigenvalue weighted by Gasteiger charge is -2.20. The highest BCUT2D eigenvalue weighted by Gasteiger charge is 2.18. The Labute approximate surface area is 143 Å². The minimum absolute atomic E-state index is 0.150. The SMILES string of the molecule is CC(NS(=O)(=O)Cc1ccc(F)cc1)c1ccc2c(c1)CCCC2. The number of fused-ring (bicyclic) bond motifs is 1. The van der Waals surface area contributed by atoms with Crippen molar-refractivity contribution in [2.45, 2.75) is 44.4 Å². The molecule has 24 heavy (non-hydrogen) atoms. The van der Waals surface area contributed by atoms with Crippen molar-refractivity contribution in [3.63, 3.8) is 0 Å². The molecule has 0 fully saturated rings. The summed E-state index contributed by atoms with van der Waals surface area (Å²) in [6.07, 6.45) is 4.60. The summed E-state index contributed by atoms with van der Waals surface area (Å²) in [4.78, 5) is 0. The van der Waals surface area contributed by atoms with Crippen LogP contribution < -0.4 is 4.72 Å². The second-order valence-electron chi connectivity index (χ2n) is 6.46. The van der Waals surface area contributed by atoms with Gasteiger partial charge in [-0.3, -0.25) is 0 Å². The van der Waals surface area contributed by atoms with Gasteiger partial charge in [-0.25, -0.2) is 17.5 Å². The third-order valence-corrected chi connectivity index (χ3v) is 5.92. The van der Waals surface area contributed by atoms with Gasteiger partial charge in [-0.05, 0) is 67.0 Å². The molecular weight excluding hydrogens is 325 g/mol. The topological polar surface area (TPSA) is 46.2 Å². The lowest BCUT2D eigenvalue weighted by molar-refractivity contribution is 0.565. The van der Waals surface area contributed by atoms with Crippen molar-refractivity contribution in [3.8, 4) is 0 Å². The summed E-state index contributed by atoms with van der Waals surface area (Å²) in [5, 5.41) is 0. The van der Waals surface area contributed by atoms with Gasteiger partial charge in [0.15, 0.2) is 0 Å². The van der Waals surface area contributed by atoms with E-state index in [-0.39, 0.29) is 17.6 Å². The quantitative estimate of drug-likeness (QED) is 0.892. The maximum atomic E-state index is 12.9. The Hall–Kier alpha value is -1.72. The minimum Gasteiger partial charge on any atom is -0.212 e. The predicted molar refractivity (Wildman–Crippen MR) is 93.7 cm³/mol. The van der Waals surface area contributed by atoms with E-state index >= 15 is 0 Å². The van der Waals surface area contributed by atoms with E-state index in [1.807, 2.05) is 13.0 Å². The molecule has 0 saturated carbocycles. The fraction of sp³-hybridized carbons (Fsp3) is 0.368.